The van der Waals surface area contributed by atoms with E-state index in [1.807, 2.05) is 18.5 Å². The Kier molecular flexibility index (Phi) is 4.79. The van der Waals surface area contributed by atoms with Crippen LogP contribution in [0.4, 0.5) is 13.2 Å². The van der Waals surface area contributed by atoms with Gasteiger partial charge in [-0.15, -0.1) is 0 Å². The Labute approximate surface area is 196 Å². The summed E-state index contributed by atoms with van der Waals surface area (Å²) in [4.78, 5) is 11.0. The zero-order valence-corrected chi connectivity index (χ0v) is 20.0. The lowest BCUT2D eigenvalue weighted by Gasteiger charge is -2.38. The van der Waals surface area contributed by atoms with E-state index in [1.54, 1.807) is 0 Å². The lowest BCUT2D eigenvalue weighted by molar-refractivity contribution is -0.137. The Bertz CT molecular complexity index is 1220. The number of aromatic nitrogens is 4. The Morgan fingerprint density at radius 2 is 1.85 bits per heavy atom. The predicted molar refractivity (Wildman–Crippen MR) is 119 cm³/mol. The summed E-state index contributed by atoms with van der Waals surface area (Å²) in [6.45, 7) is 5.86. The van der Waals surface area contributed by atoms with Crippen molar-refractivity contribution in [2.24, 2.45) is 17.3 Å². The van der Waals surface area contributed by atoms with Gasteiger partial charge >= 0.3 is 6.18 Å². The molecule has 2 unspecified atom stereocenters. The van der Waals surface area contributed by atoms with E-state index in [0.29, 0.717) is 29.4 Å². The summed E-state index contributed by atoms with van der Waals surface area (Å²) >= 11 is 0. The molecule has 34 heavy (non-hydrogen) atoms. The topological polar surface area (TPSA) is 81.0 Å². The lowest BCUT2D eigenvalue weighted by atomic mass is 9.91. The second kappa shape index (κ2) is 7.25. The van der Waals surface area contributed by atoms with Crippen molar-refractivity contribution < 1.29 is 21.6 Å². The van der Waals surface area contributed by atoms with Gasteiger partial charge < -0.3 is 0 Å². The molecule has 0 aromatic carbocycles. The van der Waals surface area contributed by atoms with E-state index < -0.39 is 21.6 Å². The summed E-state index contributed by atoms with van der Waals surface area (Å²) in [6.07, 6.45) is 0.820. The van der Waals surface area contributed by atoms with Crippen molar-refractivity contribution in [1.82, 2.24) is 24.6 Å². The van der Waals surface area contributed by atoms with Crippen molar-refractivity contribution in [2.45, 2.75) is 57.3 Å². The van der Waals surface area contributed by atoms with Gasteiger partial charge in [0.25, 0.3) is 0 Å². The zero-order valence-electron chi connectivity index (χ0n) is 19.2. The number of rotatable bonds is 4. The largest absolute Gasteiger partial charge is 0.417 e. The highest BCUT2D eigenvalue weighted by Crippen LogP contribution is 2.64. The summed E-state index contributed by atoms with van der Waals surface area (Å²) in [6, 6.07) is 1.59. The average Bonchev–Trinajstić information content (AvgIpc) is 3.18. The van der Waals surface area contributed by atoms with Gasteiger partial charge in [0.2, 0.25) is 0 Å². The van der Waals surface area contributed by atoms with Crippen LogP contribution in [0.5, 0.6) is 0 Å². The highest BCUT2D eigenvalue weighted by Gasteiger charge is 2.61. The van der Waals surface area contributed by atoms with Crippen LogP contribution < -0.4 is 0 Å². The molecule has 0 N–H and O–H groups in total. The summed E-state index contributed by atoms with van der Waals surface area (Å²) in [5.41, 5.74) is -0.547. The number of nitrogens with zero attached hydrogens (tertiary/aromatic N) is 5. The quantitative estimate of drug-likeness (QED) is 0.645. The molecule has 0 amide bonds. The molecule has 2 aliphatic heterocycles. The molecule has 2 saturated carbocycles. The summed E-state index contributed by atoms with van der Waals surface area (Å²) in [7, 11) is -2.82. The summed E-state index contributed by atoms with van der Waals surface area (Å²) < 4.78 is 64.7. The first-order valence-electron chi connectivity index (χ1n) is 11.9. The van der Waals surface area contributed by atoms with Crippen LogP contribution >= 0.6 is 0 Å². The van der Waals surface area contributed by atoms with E-state index in [2.05, 4.69) is 15.0 Å². The summed E-state index contributed by atoms with van der Waals surface area (Å²) in [5, 5.41) is 4.57. The fourth-order valence-electron chi connectivity index (χ4n) is 6.68. The number of fused-ring (bicyclic) bond motifs is 1. The molecule has 7 nitrogen and oxygen atoms in total. The van der Waals surface area contributed by atoms with Gasteiger partial charge in [-0.25, -0.2) is 18.1 Å². The van der Waals surface area contributed by atoms with Crippen molar-refractivity contribution >= 4 is 9.84 Å². The van der Waals surface area contributed by atoms with Gasteiger partial charge in [-0.3, -0.25) is 9.88 Å². The minimum Gasteiger partial charge on any atom is -0.300 e. The van der Waals surface area contributed by atoms with Crippen molar-refractivity contribution in [3.05, 3.63) is 29.8 Å². The molecule has 184 valence electrons. The smallest absolute Gasteiger partial charge is 0.300 e. The van der Waals surface area contributed by atoms with Crippen LogP contribution in [0, 0.1) is 17.3 Å². The molecule has 2 aliphatic carbocycles. The van der Waals surface area contributed by atoms with E-state index in [4.69, 9.17) is 4.98 Å². The number of likely N-dealkylation sites (tertiary alicyclic amines) is 1. The third kappa shape index (κ3) is 3.66. The van der Waals surface area contributed by atoms with Crippen molar-refractivity contribution in [3.63, 3.8) is 0 Å². The predicted octanol–water partition coefficient (Wildman–Crippen LogP) is 3.55. The van der Waals surface area contributed by atoms with Crippen LogP contribution in [0.2, 0.25) is 0 Å². The van der Waals surface area contributed by atoms with E-state index in [0.717, 1.165) is 50.4 Å². The van der Waals surface area contributed by atoms with Crippen LogP contribution in [0.1, 0.15) is 56.5 Å². The highest BCUT2D eigenvalue weighted by atomic mass is 32.2. The van der Waals surface area contributed by atoms with E-state index in [9.17, 15) is 21.6 Å². The van der Waals surface area contributed by atoms with Crippen LogP contribution in [0.15, 0.2) is 18.5 Å². The standard InChI is InChI=1S/C23H28F3N5O2S/c1-13(2)31-21(28-20(29-31)14-5-15(9-27-8-14)23(24,25)26)19-17-6-16(7-18(17)19)30-4-3-22(10-30)11-34(32,33)12-22/h5,8-9,13,16-19H,3-4,6-7,10-12H2,1-2H3/t16?,17-,18+,19?. The van der Waals surface area contributed by atoms with Crippen LogP contribution in [0.25, 0.3) is 11.4 Å². The van der Waals surface area contributed by atoms with Crippen molar-refractivity contribution in [1.29, 1.82) is 0 Å². The minimum atomic E-state index is -4.47. The Balaban J connectivity index is 1.17. The molecular weight excluding hydrogens is 467 g/mol. The van der Waals surface area contributed by atoms with Gasteiger partial charge in [0.15, 0.2) is 15.7 Å². The molecule has 11 heteroatoms. The number of pyridine rings is 1. The Morgan fingerprint density at radius 3 is 2.47 bits per heavy atom. The normalized spacial score (nSPS) is 31.7. The molecule has 0 radical (unpaired) electrons. The van der Waals surface area contributed by atoms with Gasteiger partial charge in [0, 0.05) is 47.9 Å². The number of alkyl halides is 3. The molecule has 2 saturated heterocycles. The third-order valence-electron chi connectivity index (χ3n) is 8.23. The molecule has 4 atom stereocenters. The molecule has 4 aliphatic rings. The summed E-state index contributed by atoms with van der Waals surface area (Å²) in [5.74, 6) is 3.10. The van der Waals surface area contributed by atoms with Crippen molar-refractivity contribution in [2.75, 3.05) is 24.6 Å². The average molecular weight is 496 g/mol. The van der Waals surface area contributed by atoms with Gasteiger partial charge in [-0.2, -0.15) is 18.3 Å². The van der Waals surface area contributed by atoms with E-state index in [-0.39, 0.29) is 28.8 Å². The first kappa shape index (κ1) is 22.5. The van der Waals surface area contributed by atoms with Crippen LogP contribution in [-0.4, -0.2) is 63.7 Å². The number of sulfone groups is 1. The molecule has 2 aromatic heterocycles. The van der Waals surface area contributed by atoms with Crippen molar-refractivity contribution in [3.8, 4) is 11.4 Å². The second-order valence-electron chi connectivity index (χ2n) is 11.0. The van der Waals surface area contributed by atoms with Gasteiger partial charge in [0.1, 0.15) is 5.82 Å². The number of hydrogen-bond donors (Lipinski definition) is 0. The Hall–Kier alpha value is -2.01. The minimum absolute atomic E-state index is 0.0171. The fraction of sp³-hybridized carbons (Fsp3) is 0.696. The maximum Gasteiger partial charge on any atom is 0.417 e. The second-order valence-corrected chi connectivity index (χ2v) is 13.1. The van der Waals surface area contributed by atoms with E-state index in [1.165, 1.54) is 6.20 Å². The molecule has 6 rings (SSSR count). The maximum absolute atomic E-state index is 13.1. The lowest BCUT2D eigenvalue weighted by Crippen LogP contribution is -2.50. The highest BCUT2D eigenvalue weighted by molar-refractivity contribution is 7.92. The van der Waals surface area contributed by atoms with Gasteiger partial charge in [-0.05, 0) is 57.6 Å². The maximum atomic E-state index is 13.1. The molecule has 2 aromatic rings. The molecule has 4 heterocycles. The molecular formula is C23H28F3N5O2S. The molecule has 0 bridgehead atoms. The third-order valence-corrected chi connectivity index (χ3v) is 10.3. The molecule has 4 fully saturated rings. The first-order valence-corrected chi connectivity index (χ1v) is 13.7. The fourth-order valence-corrected chi connectivity index (χ4v) is 8.94. The Morgan fingerprint density at radius 1 is 1.15 bits per heavy atom. The van der Waals surface area contributed by atoms with Gasteiger partial charge in [0.05, 0.1) is 17.1 Å². The number of hydrogen-bond acceptors (Lipinski definition) is 6. The zero-order chi connectivity index (χ0) is 24.0. The number of halogens is 3. The molecule has 1 spiro atoms. The van der Waals surface area contributed by atoms with Gasteiger partial charge in [-0.1, -0.05) is 0 Å². The first-order chi connectivity index (χ1) is 15.9. The SMILES string of the molecule is CC(C)n1nc(-c2cncc(C(F)(F)F)c2)nc1C1[C@H]2CC(N3CCC4(C3)CS(=O)(=O)C4)C[C@@H]12. The van der Waals surface area contributed by atoms with E-state index >= 15 is 0 Å². The van der Waals surface area contributed by atoms with Crippen LogP contribution in [0.3, 0.4) is 0 Å². The van der Waals surface area contributed by atoms with Crippen LogP contribution in [-0.2, 0) is 16.0 Å². The monoisotopic (exact) mass is 495 g/mol.